The van der Waals surface area contributed by atoms with Crippen molar-refractivity contribution < 1.29 is 21.6 Å². The van der Waals surface area contributed by atoms with Gasteiger partial charge in [-0.15, -0.1) is 0 Å². The lowest BCUT2D eigenvalue weighted by Crippen LogP contribution is -2.42. The number of nitrogens with one attached hydrogen (secondary N) is 2. The minimum atomic E-state index is -4.38. The van der Waals surface area contributed by atoms with E-state index in [1.165, 1.54) is 25.4 Å². The van der Waals surface area contributed by atoms with E-state index in [0.29, 0.717) is 18.7 Å². The number of nitrogens with zero attached hydrogens (tertiary/aromatic N) is 1. The Morgan fingerprint density at radius 1 is 1.11 bits per heavy atom. The molecule has 1 atom stereocenters. The molecule has 3 rings (SSSR count). The third kappa shape index (κ3) is 4.66. The topological polar surface area (TPSA) is 61.4 Å². The molecule has 0 saturated heterocycles. The highest BCUT2D eigenvalue weighted by molar-refractivity contribution is 7.92. The molecule has 5 nitrogen and oxygen atoms in total. The summed E-state index contributed by atoms with van der Waals surface area (Å²) < 4.78 is 63.7. The van der Waals surface area contributed by atoms with Crippen molar-refractivity contribution >= 4 is 21.4 Å². The predicted molar refractivity (Wildman–Crippen MR) is 103 cm³/mol. The van der Waals surface area contributed by atoms with E-state index in [1.807, 2.05) is 29.2 Å². The Balaban J connectivity index is 1.85. The molecule has 1 unspecified atom stereocenters. The van der Waals surface area contributed by atoms with Crippen LogP contribution in [0.5, 0.6) is 0 Å². The molecule has 1 aliphatic heterocycles. The first-order chi connectivity index (χ1) is 13.2. The highest BCUT2D eigenvalue weighted by atomic mass is 32.2. The second kappa shape index (κ2) is 7.84. The molecule has 0 fully saturated rings. The quantitative estimate of drug-likeness (QED) is 0.792. The first kappa shape index (κ1) is 20.2. The Bertz CT molecular complexity index is 957. The zero-order valence-corrected chi connectivity index (χ0v) is 15.9. The molecule has 0 spiro atoms. The smallest absolute Gasteiger partial charge is 0.385 e. The summed E-state index contributed by atoms with van der Waals surface area (Å²) in [4.78, 5) is 1.93. The summed E-state index contributed by atoms with van der Waals surface area (Å²) in [5.74, 6) is 0. The molecule has 28 heavy (non-hydrogen) atoms. The van der Waals surface area contributed by atoms with Crippen LogP contribution in [0, 0.1) is 0 Å². The number of anilines is 2. The van der Waals surface area contributed by atoms with Crippen LogP contribution < -0.4 is 14.9 Å². The van der Waals surface area contributed by atoms with Crippen molar-refractivity contribution in [1.29, 1.82) is 0 Å². The maximum absolute atomic E-state index is 12.8. The Kier molecular flexibility index (Phi) is 5.66. The first-order valence-electron chi connectivity index (χ1n) is 8.58. The molecular formula is C19H20F3N3O2S. The van der Waals surface area contributed by atoms with Gasteiger partial charge in [0.1, 0.15) is 0 Å². The number of hydrogen-bond donors (Lipinski definition) is 2. The van der Waals surface area contributed by atoms with Crippen LogP contribution in [0.15, 0.2) is 60.1 Å². The molecule has 0 aliphatic carbocycles. The van der Waals surface area contributed by atoms with E-state index in [9.17, 15) is 21.6 Å². The van der Waals surface area contributed by atoms with Gasteiger partial charge in [0, 0.05) is 30.2 Å². The Morgan fingerprint density at radius 3 is 2.43 bits per heavy atom. The van der Waals surface area contributed by atoms with E-state index in [4.69, 9.17) is 0 Å². The fourth-order valence-electron chi connectivity index (χ4n) is 3.11. The largest absolute Gasteiger partial charge is 0.416 e. The van der Waals surface area contributed by atoms with E-state index in [-0.39, 0.29) is 6.04 Å². The SMILES string of the molecule is CNS(=O)(=O)C=CNC1Cc2ccccc2N(c2ccc(C(F)(F)F)cc2)C1. The van der Waals surface area contributed by atoms with Gasteiger partial charge >= 0.3 is 6.18 Å². The molecule has 150 valence electrons. The Hall–Kier alpha value is -2.52. The maximum Gasteiger partial charge on any atom is 0.416 e. The molecule has 1 aliphatic rings. The summed E-state index contributed by atoms with van der Waals surface area (Å²) in [6.45, 7) is 0.478. The van der Waals surface area contributed by atoms with Gasteiger partial charge in [0.25, 0.3) is 0 Å². The van der Waals surface area contributed by atoms with Gasteiger partial charge in [-0.2, -0.15) is 13.2 Å². The van der Waals surface area contributed by atoms with Gasteiger partial charge in [0.05, 0.1) is 11.0 Å². The molecule has 2 aromatic rings. The Morgan fingerprint density at radius 2 is 1.79 bits per heavy atom. The number of sulfonamides is 1. The van der Waals surface area contributed by atoms with Crippen molar-refractivity contribution in [1.82, 2.24) is 10.0 Å². The summed E-state index contributed by atoms with van der Waals surface area (Å²) >= 11 is 0. The highest BCUT2D eigenvalue weighted by Crippen LogP contribution is 2.35. The molecule has 1 heterocycles. The third-order valence-corrected chi connectivity index (χ3v) is 5.59. The van der Waals surface area contributed by atoms with Gasteiger partial charge in [-0.3, -0.25) is 0 Å². The monoisotopic (exact) mass is 411 g/mol. The molecule has 2 aromatic carbocycles. The van der Waals surface area contributed by atoms with Crippen molar-refractivity contribution in [2.45, 2.75) is 18.6 Å². The standard InChI is InChI=1S/C19H20F3N3O2S/c1-23-28(26,27)11-10-24-16-12-14-4-2-3-5-18(14)25(13-16)17-8-6-15(7-9-17)19(20,21)22/h2-11,16,23-24H,12-13H2,1H3. The summed E-state index contributed by atoms with van der Waals surface area (Å²) in [5, 5.41) is 4.10. The van der Waals surface area contributed by atoms with Crippen molar-refractivity contribution in [3.8, 4) is 0 Å². The molecular weight excluding hydrogens is 391 g/mol. The van der Waals surface area contributed by atoms with E-state index >= 15 is 0 Å². The second-order valence-electron chi connectivity index (χ2n) is 6.40. The van der Waals surface area contributed by atoms with Gasteiger partial charge in [0.15, 0.2) is 0 Å². The van der Waals surface area contributed by atoms with Crippen LogP contribution in [0.25, 0.3) is 0 Å². The second-order valence-corrected chi connectivity index (χ2v) is 8.17. The van der Waals surface area contributed by atoms with Crippen molar-refractivity contribution in [3.05, 3.63) is 71.3 Å². The number of hydrogen-bond acceptors (Lipinski definition) is 4. The predicted octanol–water partition coefficient (Wildman–Crippen LogP) is 3.38. The van der Waals surface area contributed by atoms with Gasteiger partial charge in [0.2, 0.25) is 10.0 Å². The fourth-order valence-corrected chi connectivity index (χ4v) is 3.51. The van der Waals surface area contributed by atoms with Crippen LogP contribution in [0.1, 0.15) is 11.1 Å². The normalized spacial score (nSPS) is 17.6. The fraction of sp³-hybridized carbons (Fsp3) is 0.263. The molecule has 0 aromatic heterocycles. The van der Waals surface area contributed by atoms with Gasteiger partial charge in [-0.1, -0.05) is 18.2 Å². The van der Waals surface area contributed by atoms with Crippen LogP contribution in [0.2, 0.25) is 0 Å². The average Bonchev–Trinajstić information content (AvgIpc) is 2.66. The number of benzene rings is 2. The van der Waals surface area contributed by atoms with Crippen molar-refractivity contribution in [2.75, 3.05) is 18.5 Å². The molecule has 9 heteroatoms. The molecule has 0 saturated carbocycles. The number of rotatable bonds is 5. The van der Waals surface area contributed by atoms with Crippen LogP contribution in [0.3, 0.4) is 0 Å². The van der Waals surface area contributed by atoms with Gasteiger partial charge in [-0.05, 0) is 49.4 Å². The average molecular weight is 411 g/mol. The number of alkyl halides is 3. The van der Waals surface area contributed by atoms with Crippen LogP contribution >= 0.6 is 0 Å². The van der Waals surface area contributed by atoms with Crippen LogP contribution in [0.4, 0.5) is 24.5 Å². The summed E-state index contributed by atoms with van der Waals surface area (Å²) in [5.41, 5.74) is 1.89. The van der Waals surface area contributed by atoms with Crippen LogP contribution in [-0.2, 0) is 22.6 Å². The highest BCUT2D eigenvalue weighted by Gasteiger charge is 2.31. The van der Waals surface area contributed by atoms with Gasteiger partial charge in [-0.25, -0.2) is 13.1 Å². The lowest BCUT2D eigenvalue weighted by molar-refractivity contribution is -0.137. The minimum Gasteiger partial charge on any atom is -0.385 e. The number of halogens is 3. The molecule has 0 amide bonds. The van der Waals surface area contributed by atoms with Crippen molar-refractivity contribution in [2.24, 2.45) is 0 Å². The summed E-state index contributed by atoms with van der Waals surface area (Å²) in [6, 6.07) is 12.6. The van der Waals surface area contributed by atoms with Gasteiger partial charge < -0.3 is 10.2 Å². The Labute approximate surface area is 161 Å². The zero-order valence-electron chi connectivity index (χ0n) is 15.1. The zero-order chi connectivity index (χ0) is 20.4. The lowest BCUT2D eigenvalue weighted by Gasteiger charge is -2.36. The lowest BCUT2D eigenvalue weighted by atomic mass is 9.97. The minimum absolute atomic E-state index is 0.111. The number of para-hydroxylation sites is 1. The third-order valence-electron chi connectivity index (χ3n) is 4.52. The van der Waals surface area contributed by atoms with E-state index in [0.717, 1.165) is 28.8 Å². The molecule has 2 N–H and O–H groups in total. The van der Waals surface area contributed by atoms with Crippen molar-refractivity contribution in [3.63, 3.8) is 0 Å². The van der Waals surface area contributed by atoms with E-state index in [1.54, 1.807) is 0 Å². The summed E-state index contributed by atoms with van der Waals surface area (Å²) in [7, 11) is -2.16. The summed E-state index contributed by atoms with van der Waals surface area (Å²) in [6.07, 6.45) is -2.35. The molecule has 0 bridgehead atoms. The molecule has 0 radical (unpaired) electrons. The maximum atomic E-state index is 12.8. The van der Waals surface area contributed by atoms with E-state index < -0.39 is 21.8 Å². The first-order valence-corrected chi connectivity index (χ1v) is 10.1. The number of fused-ring (bicyclic) bond motifs is 1. The van der Waals surface area contributed by atoms with Crippen LogP contribution in [-0.4, -0.2) is 28.1 Å². The van der Waals surface area contributed by atoms with E-state index in [2.05, 4.69) is 10.0 Å².